The summed E-state index contributed by atoms with van der Waals surface area (Å²) in [5.41, 5.74) is 0. The van der Waals surface area contributed by atoms with Gasteiger partial charge < -0.3 is 79.1 Å². The van der Waals surface area contributed by atoms with E-state index in [1.165, 1.54) is 0 Å². The second-order valence-corrected chi connectivity index (χ2v) is 84.6. The Bertz CT molecular complexity index is 1700. The van der Waals surface area contributed by atoms with Crippen LogP contribution in [0.25, 0.3) is 0 Å². The molecule has 0 spiro atoms. The van der Waals surface area contributed by atoms with Crippen molar-refractivity contribution in [3.05, 3.63) is 0 Å². The van der Waals surface area contributed by atoms with E-state index in [0.717, 1.165) is 0 Å². The van der Waals surface area contributed by atoms with E-state index in [0.29, 0.717) is 19.8 Å². The summed E-state index contributed by atoms with van der Waals surface area (Å²) in [7, 11) is -46.2. The lowest BCUT2D eigenvalue weighted by atomic mass is 10.9. The van der Waals surface area contributed by atoms with Crippen molar-refractivity contribution in [2.24, 2.45) is 0 Å². The van der Waals surface area contributed by atoms with E-state index in [1.807, 2.05) is 99.3 Å². The molecular formula is C38H112O19Si17. The van der Waals surface area contributed by atoms with Crippen molar-refractivity contribution in [1.82, 2.24) is 0 Å². The molecule has 0 bridgehead atoms. The summed E-state index contributed by atoms with van der Waals surface area (Å²) in [5.74, 6) is 0. The molecule has 0 heterocycles. The molecular weight excluding hydrogens is 1240 g/mol. The van der Waals surface area contributed by atoms with Crippen LogP contribution in [0.2, 0.25) is 210 Å². The van der Waals surface area contributed by atoms with Gasteiger partial charge in [-0.3, -0.25) is 0 Å². The maximum Gasteiger partial charge on any atom is 0.670 e. The molecule has 0 rings (SSSR count). The molecule has 74 heavy (non-hydrogen) atoms. The fourth-order valence-corrected chi connectivity index (χ4v) is 93.7. The maximum absolute atomic E-state index is 6.92. The zero-order valence-electron chi connectivity index (χ0n) is 53.5. The fraction of sp³-hybridized carbons (Fsp3) is 1.00. The van der Waals surface area contributed by atoms with Gasteiger partial charge >= 0.3 is 137 Å². The van der Waals surface area contributed by atoms with Crippen LogP contribution in [0.4, 0.5) is 0 Å². The minimum atomic E-state index is -3.42. The van der Waals surface area contributed by atoms with Gasteiger partial charge in [0, 0.05) is 19.8 Å². The van der Waals surface area contributed by atoms with Crippen LogP contribution in [0, 0.1) is 0 Å². The lowest BCUT2D eigenvalue weighted by Crippen LogP contribution is -2.63. The highest BCUT2D eigenvalue weighted by atomic mass is 28.5. The van der Waals surface area contributed by atoms with Crippen molar-refractivity contribution in [3.63, 3.8) is 0 Å². The van der Waals surface area contributed by atoms with Crippen molar-refractivity contribution in [2.45, 2.75) is 230 Å². The van der Waals surface area contributed by atoms with Gasteiger partial charge in [-0.05, 0) is 230 Å². The number of hydrogen-bond acceptors (Lipinski definition) is 19. The zero-order valence-corrected chi connectivity index (χ0v) is 70.6. The molecule has 0 aromatic rings. The highest BCUT2D eigenvalue weighted by molar-refractivity contribution is 6.95. The first-order valence-electron chi connectivity index (χ1n) is 26.3. The molecule has 0 fully saturated rings. The van der Waals surface area contributed by atoms with Crippen LogP contribution in [0.3, 0.4) is 0 Å². The first-order chi connectivity index (χ1) is 32.2. The quantitative estimate of drug-likeness (QED) is 0.0533. The van der Waals surface area contributed by atoms with Crippen molar-refractivity contribution in [1.29, 1.82) is 0 Å². The molecule has 19 nitrogen and oxygen atoms in total. The third-order valence-electron chi connectivity index (χ3n) is 8.74. The summed E-state index contributed by atoms with van der Waals surface area (Å²) in [6.45, 7) is 72.6. The standard InChI is InChI=1S/C38H112O19Si17/c1-36-39-74(40-37-2,41-38-3)57-73(34,35)56-72(32,33)55-71(30,31)54-70(28,29)53-69(26,27)52-68(24,25)51-67(22,23)50-66(20,21)49-65(18,19)48-64(16,17)47-63(14,15)46-62(12,13)45-61(10,11)44-60(8,9)43-59(6,7)42-58(4)5/h58H,36-38H2,1-35H3. The van der Waals surface area contributed by atoms with Crippen molar-refractivity contribution in [3.8, 4) is 0 Å². The molecule has 0 amide bonds. The molecule has 0 aromatic carbocycles. The van der Waals surface area contributed by atoms with Crippen LogP contribution in [0.1, 0.15) is 20.8 Å². The van der Waals surface area contributed by atoms with E-state index in [1.54, 1.807) is 0 Å². The zero-order chi connectivity index (χ0) is 59.1. The molecule has 0 atom stereocenters. The molecule has 0 aliphatic carbocycles. The first kappa shape index (κ1) is 76.9. The van der Waals surface area contributed by atoms with Gasteiger partial charge in [0.15, 0.2) is 9.04 Å². The average Bonchev–Trinajstić information content (AvgIpc) is 2.94. The lowest BCUT2D eigenvalue weighted by molar-refractivity contribution is 0.00144. The van der Waals surface area contributed by atoms with E-state index in [9.17, 15) is 0 Å². The largest absolute Gasteiger partial charge is 0.670 e. The predicted octanol–water partition coefficient (Wildman–Crippen LogP) is 12.3. The van der Waals surface area contributed by atoms with E-state index >= 15 is 0 Å². The van der Waals surface area contributed by atoms with Gasteiger partial charge in [0.25, 0.3) is 0 Å². The van der Waals surface area contributed by atoms with Gasteiger partial charge in [-0.15, -0.1) is 0 Å². The first-order valence-corrected chi connectivity index (χ1v) is 73.0. The summed E-state index contributed by atoms with van der Waals surface area (Å²) in [4.78, 5) is 0. The van der Waals surface area contributed by atoms with Crippen molar-refractivity contribution in [2.75, 3.05) is 19.8 Å². The molecule has 0 N–H and O–H groups in total. The lowest BCUT2D eigenvalue weighted by Gasteiger charge is -2.45. The Kier molecular flexibility index (Phi) is 28.9. The van der Waals surface area contributed by atoms with Crippen LogP contribution >= 0.6 is 0 Å². The Hall–Kier alpha value is 2.93. The summed E-state index contributed by atoms with van der Waals surface area (Å²) in [6.07, 6.45) is 0. The van der Waals surface area contributed by atoms with Crippen molar-refractivity contribution < 1.29 is 79.1 Å². The van der Waals surface area contributed by atoms with E-state index < -0.39 is 147 Å². The Balaban J connectivity index is 5.81. The highest BCUT2D eigenvalue weighted by Gasteiger charge is 2.55. The highest BCUT2D eigenvalue weighted by Crippen LogP contribution is 2.34. The topological polar surface area (TPSA) is 175 Å². The van der Waals surface area contributed by atoms with Crippen LogP contribution in [-0.4, -0.2) is 166 Å². The molecule has 0 unspecified atom stereocenters. The molecule has 0 saturated carbocycles. The summed E-state index contributed by atoms with van der Waals surface area (Å²) in [5, 5.41) is 0. The smallest absolute Gasteiger partial charge is 0.440 e. The van der Waals surface area contributed by atoms with Gasteiger partial charge in [0.2, 0.25) is 0 Å². The fourth-order valence-electron chi connectivity index (χ4n) is 10.2. The number of hydrogen-bond donors (Lipinski definition) is 0. The van der Waals surface area contributed by atoms with Crippen LogP contribution in [-0.2, 0) is 79.1 Å². The average molecular weight is 1350 g/mol. The summed E-state index contributed by atoms with van der Waals surface area (Å²) >= 11 is 0. The molecule has 0 aromatic heterocycles. The molecule has 446 valence electrons. The molecule has 0 aliphatic heterocycles. The third-order valence-corrected chi connectivity index (χ3v) is 72.8. The van der Waals surface area contributed by atoms with Gasteiger partial charge in [0.1, 0.15) is 0 Å². The van der Waals surface area contributed by atoms with Gasteiger partial charge in [-0.2, -0.15) is 0 Å². The molecule has 36 heteroatoms. The Morgan fingerprint density at radius 3 is 0.446 bits per heavy atom. The van der Waals surface area contributed by atoms with Crippen LogP contribution in [0.5, 0.6) is 0 Å². The van der Waals surface area contributed by atoms with E-state index in [2.05, 4.69) is 131 Å². The van der Waals surface area contributed by atoms with Gasteiger partial charge in [-0.1, -0.05) is 0 Å². The summed E-state index contributed by atoms with van der Waals surface area (Å²) < 4.78 is 126. The predicted molar refractivity (Wildman–Crippen MR) is 339 cm³/mol. The SMILES string of the molecule is CCO[Si](OCC)(OCC)O[Si](C)(C)O[Si](C)(C)O[Si](C)(C)O[Si](C)(C)O[Si](C)(C)O[Si](C)(C)O[Si](C)(C)O[Si](C)(C)O[Si](C)(C)O[Si](C)(C)O[Si](C)(C)O[Si](C)(C)O[Si](C)(C)O[Si](C)(C)O[Si](C)(C)O[SiH](C)C. The minimum absolute atomic E-state index is 0.395. The third kappa shape index (κ3) is 33.9. The Morgan fingerprint density at radius 2 is 0.324 bits per heavy atom. The van der Waals surface area contributed by atoms with E-state index in [-0.39, 0.29) is 0 Å². The second-order valence-electron chi connectivity index (χ2n) is 25.5. The Labute approximate surface area is 472 Å². The second kappa shape index (κ2) is 27.8. The normalized spacial score (nSPS) is 15.7. The van der Waals surface area contributed by atoms with E-state index in [4.69, 9.17) is 79.1 Å². The molecule has 0 radical (unpaired) electrons. The summed E-state index contributed by atoms with van der Waals surface area (Å²) in [6, 6.07) is 0. The number of rotatable bonds is 38. The monoisotopic (exact) mass is 1350 g/mol. The Morgan fingerprint density at radius 1 is 0.203 bits per heavy atom. The van der Waals surface area contributed by atoms with Crippen LogP contribution in [0.15, 0.2) is 0 Å². The molecule has 0 aliphatic rings. The van der Waals surface area contributed by atoms with Gasteiger partial charge in [-0.25, -0.2) is 0 Å². The maximum atomic E-state index is 6.92. The van der Waals surface area contributed by atoms with Crippen molar-refractivity contribution >= 4 is 147 Å². The molecule has 0 saturated heterocycles. The minimum Gasteiger partial charge on any atom is -0.440 e. The van der Waals surface area contributed by atoms with Crippen LogP contribution < -0.4 is 0 Å². The van der Waals surface area contributed by atoms with Gasteiger partial charge in [0.05, 0.1) is 0 Å².